The van der Waals surface area contributed by atoms with Crippen LogP contribution in [0.4, 0.5) is 0 Å². The van der Waals surface area contributed by atoms with Crippen molar-refractivity contribution in [3.05, 3.63) is 53.1 Å². The molecule has 4 rings (SSSR count). The lowest BCUT2D eigenvalue weighted by atomic mass is 9.93. The Labute approximate surface area is 116 Å². The highest BCUT2D eigenvalue weighted by atomic mass is 35.5. The number of fused-ring (bicyclic) bond motifs is 5. The number of nitrogens with zero attached hydrogens (tertiary/aromatic N) is 2. The van der Waals surface area contributed by atoms with E-state index in [0.717, 1.165) is 10.5 Å². The fourth-order valence-corrected chi connectivity index (χ4v) is 3.23. The molecule has 0 saturated carbocycles. The molecule has 1 aliphatic rings. The Kier molecular flexibility index (Phi) is 1.98. The van der Waals surface area contributed by atoms with Gasteiger partial charge in [0.2, 0.25) is 0 Å². The number of halogens is 1. The molecule has 3 aromatic rings. The predicted octanol–water partition coefficient (Wildman–Crippen LogP) is 4.45. The quantitative estimate of drug-likeness (QED) is 0.589. The summed E-state index contributed by atoms with van der Waals surface area (Å²) in [6.07, 6.45) is 0. The molecule has 0 amide bonds. The lowest BCUT2D eigenvalue weighted by Gasteiger charge is -2.21. The zero-order valence-electron chi connectivity index (χ0n) is 10.8. The van der Waals surface area contributed by atoms with E-state index in [9.17, 15) is 0 Å². The molecule has 94 valence electrons. The van der Waals surface area contributed by atoms with Crippen LogP contribution in [0.5, 0.6) is 0 Å². The Morgan fingerprint density at radius 2 is 1.89 bits per heavy atom. The Balaban J connectivity index is 2.20. The van der Waals surface area contributed by atoms with Crippen molar-refractivity contribution in [1.29, 1.82) is 0 Å². The van der Waals surface area contributed by atoms with E-state index < -0.39 is 0 Å². The molecule has 0 atom stereocenters. The van der Waals surface area contributed by atoms with Crippen LogP contribution in [0.2, 0.25) is 5.02 Å². The van der Waals surface area contributed by atoms with Crippen molar-refractivity contribution in [2.75, 3.05) is 0 Å². The van der Waals surface area contributed by atoms with Crippen LogP contribution >= 0.6 is 11.6 Å². The molecule has 19 heavy (non-hydrogen) atoms. The van der Waals surface area contributed by atoms with Gasteiger partial charge >= 0.3 is 0 Å². The van der Waals surface area contributed by atoms with Gasteiger partial charge in [0.1, 0.15) is 0 Å². The summed E-state index contributed by atoms with van der Waals surface area (Å²) in [5.41, 5.74) is 4.57. The summed E-state index contributed by atoms with van der Waals surface area (Å²) in [7, 11) is 0. The molecule has 0 N–H and O–H groups in total. The fourth-order valence-electron chi connectivity index (χ4n) is 3.06. The molecular formula is C16H13ClN2. The minimum atomic E-state index is -0.131. The Morgan fingerprint density at radius 3 is 2.74 bits per heavy atom. The summed E-state index contributed by atoms with van der Waals surface area (Å²) in [4.78, 5) is 0. The molecule has 0 fully saturated rings. The van der Waals surface area contributed by atoms with Crippen LogP contribution in [0.3, 0.4) is 0 Å². The van der Waals surface area contributed by atoms with E-state index in [0.29, 0.717) is 0 Å². The molecule has 0 radical (unpaired) electrons. The molecule has 0 bridgehead atoms. The first-order valence-corrected chi connectivity index (χ1v) is 6.75. The first kappa shape index (κ1) is 11.1. The van der Waals surface area contributed by atoms with E-state index in [4.69, 9.17) is 16.7 Å². The fraction of sp³-hybridized carbons (Fsp3) is 0.188. The molecule has 0 spiro atoms. The molecule has 2 heterocycles. The smallest absolute Gasteiger partial charge is 0.0930 e. The lowest BCUT2D eigenvalue weighted by molar-refractivity contribution is 0.416. The Bertz CT molecular complexity index is 815. The van der Waals surface area contributed by atoms with Crippen molar-refractivity contribution in [2.45, 2.75) is 19.4 Å². The largest absolute Gasteiger partial charge is 0.254 e. The standard InChI is InChI=1S/C16H13ClN2/c1-16(2)13-8-7-10(17)9-12(13)15-11-5-3-4-6-14(11)18-19(15)16/h3-9H,1-2H3. The van der Waals surface area contributed by atoms with Crippen LogP contribution in [-0.2, 0) is 5.54 Å². The average molecular weight is 269 g/mol. The first-order valence-electron chi connectivity index (χ1n) is 6.38. The van der Waals surface area contributed by atoms with Crippen molar-refractivity contribution >= 4 is 22.5 Å². The first-order chi connectivity index (χ1) is 9.09. The summed E-state index contributed by atoms with van der Waals surface area (Å²) in [5.74, 6) is 0. The third-order valence-electron chi connectivity index (χ3n) is 4.00. The zero-order valence-corrected chi connectivity index (χ0v) is 11.6. The van der Waals surface area contributed by atoms with Gasteiger partial charge in [-0.3, -0.25) is 4.68 Å². The monoisotopic (exact) mass is 268 g/mol. The molecular weight excluding hydrogens is 256 g/mol. The summed E-state index contributed by atoms with van der Waals surface area (Å²) in [5, 5.41) is 6.73. The Hall–Kier alpha value is -1.80. The van der Waals surface area contributed by atoms with E-state index in [-0.39, 0.29) is 5.54 Å². The maximum absolute atomic E-state index is 6.17. The van der Waals surface area contributed by atoms with Crippen LogP contribution in [0, 0.1) is 0 Å². The van der Waals surface area contributed by atoms with Crippen LogP contribution < -0.4 is 0 Å². The van der Waals surface area contributed by atoms with Gasteiger partial charge in [-0.1, -0.05) is 35.9 Å². The van der Waals surface area contributed by atoms with E-state index in [2.05, 4.69) is 42.8 Å². The minimum absolute atomic E-state index is 0.131. The van der Waals surface area contributed by atoms with Crippen molar-refractivity contribution in [3.8, 4) is 11.3 Å². The van der Waals surface area contributed by atoms with Crippen LogP contribution in [0.25, 0.3) is 22.2 Å². The van der Waals surface area contributed by atoms with Crippen molar-refractivity contribution < 1.29 is 0 Å². The summed E-state index contributed by atoms with van der Waals surface area (Å²) in [6.45, 7) is 4.39. The van der Waals surface area contributed by atoms with Gasteiger partial charge in [0.25, 0.3) is 0 Å². The van der Waals surface area contributed by atoms with E-state index in [1.807, 2.05) is 18.2 Å². The normalized spacial score (nSPS) is 15.5. The van der Waals surface area contributed by atoms with E-state index in [1.165, 1.54) is 22.2 Å². The van der Waals surface area contributed by atoms with Crippen LogP contribution in [0.15, 0.2) is 42.5 Å². The topological polar surface area (TPSA) is 17.8 Å². The molecule has 0 saturated heterocycles. The van der Waals surface area contributed by atoms with Crippen LogP contribution in [0.1, 0.15) is 19.4 Å². The highest BCUT2D eigenvalue weighted by Gasteiger charge is 2.37. The van der Waals surface area contributed by atoms with Gasteiger partial charge in [-0.2, -0.15) is 5.10 Å². The average Bonchev–Trinajstić information content (AvgIpc) is 2.86. The maximum atomic E-state index is 6.17. The third-order valence-corrected chi connectivity index (χ3v) is 4.24. The van der Waals surface area contributed by atoms with Gasteiger partial charge in [-0.05, 0) is 37.6 Å². The SMILES string of the molecule is CC1(C)c2ccc(Cl)cc2-c2c3ccccc3nn21. The second kappa shape index (κ2) is 3.40. The van der Waals surface area contributed by atoms with Gasteiger partial charge in [-0.15, -0.1) is 0 Å². The number of benzene rings is 2. The van der Waals surface area contributed by atoms with Gasteiger partial charge in [0, 0.05) is 16.0 Å². The van der Waals surface area contributed by atoms with Crippen molar-refractivity contribution in [1.82, 2.24) is 9.78 Å². The van der Waals surface area contributed by atoms with Crippen molar-refractivity contribution in [3.63, 3.8) is 0 Å². The third kappa shape index (κ3) is 1.30. The molecule has 1 aromatic heterocycles. The van der Waals surface area contributed by atoms with Gasteiger partial charge < -0.3 is 0 Å². The predicted molar refractivity (Wildman–Crippen MR) is 78.6 cm³/mol. The number of hydrogen-bond acceptors (Lipinski definition) is 1. The van der Waals surface area contributed by atoms with Crippen LogP contribution in [-0.4, -0.2) is 9.78 Å². The van der Waals surface area contributed by atoms with E-state index >= 15 is 0 Å². The lowest BCUT2D eigenvalue weighted by Crippen LogP contribution is -2.24. The summed E-state index contributed by atoms with van der Waals surface area (Å²) in [6, 6.07) is 14.4. The second-order valence-corrected chi connectivity index (χ2v) is 5.96. The minimum Gasteiger partial charge on any atom is -0.254 e. The van der Waals surface area contributed by atoms with Gasteiger partial charge in [0.15, 0.2) is 0 Å². The second-order valence-electron chi connectivity index (χ2n) is 5.53. The zero-order chi connectivity index (χ0) is 13.2. The molecule has 3 heteroatoms. The number of hydrogen-bond donors (Lipinski definition) is 0. The molecule has 0 unspecified atom stereocenters. The van der Waals surface area contributed by atoms with Gasteiger partial charge in [-0.25, -0.2) is 0 Å². The number of rotatable bonds is 0. The Morgan fingerprint density at radius 1 is 1.11 bits per heavy atom. The summed E-state index contributed by atoms with van der Waals surface area (Å²) < 4.78 is 2.12. The maximum Gasteiger partial charge on any atom is 0.0930 e. The molecule has 0 aliphatic carbocycles. The molecule has 2 nitrogen and oxygen atoms in total. The highest BCUT2D eigenvalue weighted by Crippen LogP contribution is 2.46. The molecule has 2 aromatic carbocycles. The summed E-state index contributed by atoms with van der Waals surface area (Å²) >= 11 is 6.17. The number of aromatic nitrogens is 2. The van der Waals surface area contributed by atoms with Gasteiger partial charge in [0.05, 0.1) is 16.7 Å². The highest BCUT2D eigenvalue weighted by molar-refractivity contribution is 6.31. The van der Waals surface area contributed by atoms with E-state index in [1.54, 1.807) is 0 Å². The van der Waals surface area contributed by atoms with Crippen molar-refractivity contribution in [2.24, 2.45) is 0 Å². The molecule has 1 aliphatic heterocycles.